The Kier molecular flexibility index (Phi) is 9.50. The lowest BCUT2D eigenvalue weighted by Gasteiger charge is -2.37. The van der Waals surface area contributed by atoms with Crippen LogP contribution in [0.15, 0.2) is 138 Å². The number of nitrogens with one attached hydrogen (secondary N) is 1. The SMILES string of the molecule is COc1ccc([Si](C)(C)[C@@H]2[C@@H](CCn3cc(C(CO)c4ccccc4)nn3)O[C@]3(C(=O)N(c4ccccc4)c4ccc(-n5[nH]c6ccccc6c5=O)cc43)[C@H]2C)cc1. The number of carbonyl (C=O) groups is 1. The van der Waals surface area contributed by atoms with Crippen LogP contribution in [-0.2, 0) is 21.7 Å². The van der Waals surface area contributed by atoms with Crippen molar-refractivity contribution in [3.63, 3.8) is 0 Å². The molecule has 11 nitrogen and oxygen atoms in total. The molecule has 5 aromatic carbocycles. The molecule has 9 rings (SSSR count). The van der Waals surface area contributed by atoms with Crippen LogP contribution < -0.4 is 20.4 Å². The second-order valence-electron chi connectivity index (χ2n) is 16.0. The number of benzene rings is 5. The highest BCUT2D eigenvalue weighted by Crippen LogP contribution is 2.61. The third-order valence-corrected chi connectivity index (χ3v) is 16.9. The largest absolute Gasteiger partial charge is 0.497 e. The summed E-state index contributed by atoms with van der Waals surface area (Å²) >= 11 is 0. The highest BCUT2D eigenvalue weighted by molar-refractivity contribution is 6.91. The van der Waals surface area contributed by atoms with Crippen LogP contribution in [0.2, 0.25) is 18.6 Å². The number of carbonyl (C=O) groups excluding carboxylic acids is 1. The van der Waals surface area contributed by atoms with E-state index >= 15 is 4.79 Å². The first-order valence-corrected chi connectivity index (χ1v) is 22.9. The number of para-hydroxylation sites is 2. The first-order valence-electron chi connectivity index (χ1n) is 19.8. The standard InChI is InChI=1S/C46H46N6O5Si/c1-30-43(58(3,4)35-22-20-34(56-2)21-23-35)42(25-26-50-28-40(47-49-50)37(29-53)31-13-7-5-8-14-31)57-46(30)38-27-33(52-44(54)36-17-11-12-18-39(36)48-52)19-24-41(38)51(45(46)55)32-15-9-6-10-16-32/h5-24,27-28,30,37,42-43,48,53H,25-26,29H2,1-4H3/t30-,37?,42+,43-,46+/m0/s1. The fourth-order valence-electron chi connectivity index (χ4n) is 9.61. The molecule has 1 amide bonds. The molecule has 58 heavy (non-hydrogen) atoms. The summed E-state index contributed by atoms with van der Waals surface area (Å²) in [4.78, 5) is 31.0. The summed E-state index contributed by atoms with van der Waals surface area (Å²) in [6.07, 6.45) is 2.12. The summed E-state index contributed by atoms with van der Waals surface area (Å²) in [5, 5.41) is 24.4. The van der Waals surface area contributed by atoms with Gasteiger partial charge < -0.3 is 14.6 Å². The lowest BCUT2D eigenvalue weighted by molar-refractivity contribution is -0.145. The summed E-state index contributed by atoms with van der Waals surface area (Å²) in [7, 11) is -0.786. The average Bonchev–Trinajstić information content (AvgIpc) is 4.00. The zero-order valence-electron chi connectivity index (χ0n) is 32.9. The maximum Gasteiger partial charge on any atom is 0.279 e. The van der Waals surface area contributed by atoms with Crippen molar-refractivity contribution in [1.82, 2.24) is 24.8 Å². The number of rotatable bonds is 11. The molecule has 0 bridgehead atoms. The summed E-state index contributed by atoms with van der Waals surface area (Å²) in [6.45, 7) is 7.29. The van der Waals surface area contributed by atoms with E-state index in [2.05, 4.69) is 47.6 Å². The van der Waals surface area contributed by atoms with Crippen LogP contribution >= 0.6 is 0 Å². The minimum atomic E-state index is -2.45. The zero-order valence-corrected chi connectivity index (χ0v) is 33.9. The van der Waals surface area contributed by atoms with Gasteiger partial charge in [0.05, 0.1) is 61.8 Å². The van der Waals surface area contributed by atoms with Crippen LogP contribution in [0.3, 0.4) is 0 Å². The maximum atomic E-state index is 15.5. The van der Waals surface area contributed by atoms with Gasteiger partial charge in [0.25, 0.3) is 11.5 Å². The number of aryl methyl sites for hydroxylation is 1. The molecule has 1 spiro atoms. The molecule has 5 atom stereocenters. The zero-order chi connectivity index (χ0) is 40.2. The van der Waals surface area contributed by atoms with E-state index < -0.39 is 13.7 Å². The smallest absolute Gasteiger partial charge is 0.279 e. The van der Waals surface area contributed by atoms with Crippen LogP contribution in [-0.4, -0.2) is 63.7 Å². The van der Waals surface area contributed by atoms with Gasteiger partial charge in [-0.25, -0.2) is 4.68 Å². The number of hydrogen-bond acceptors (Lipinski definition) is 7. The van der Waals surface area contributed by atoms with Crippen molar-refractivity contribution in [2.45, 2.75) is 56.1 Å². The van der Waals surface area contributed by atoms with Gasteiger partial charge in [0.2, 0.25) is 0 Å². The van der Waals surface area contributed by atoms with E-state index in [4.69, 9.17) is 9.47 Å². The molecular formula is C46H46N6O5Si. The summed E-state index contributed by atoms with van der Waals surface area (Å²) in [6, 6.07) is 41.1. The number of aromatic amines is 1. The third-order valence-electron chi connectivity index (χ3n) is 12.5. The molecule has 2 N–H and O–H groups in total. The molecule has 2 aromatic heterocycles. The van der Waals surface area contributed by atoms with Gasteiger partial charge >= 0.3 is 0 Å². The number of aliphatic hydroxyl groups is 1. The molecule has 1 unspecified atom stereocenters. The second-order valence-corrected chi connectivity index (χ2v) is 20.7. The highest BCUT2D eigenvalue weighted by Gasteiger charge is 2.66. The van der Waals surface area contributed by atoms with Gasteiger partial charge in [-0.3, -0.25) is 24.3 Å². The first kappa shape index (κ1) is 37.5. The minimum Gasteiger partial charge on any atom is -0.497 e. The molecule has 0 radical (unpaired) electrons. The average molecular weight is 791 g/mol. The van der Waals surface area contributed by atoms with E-state index in [1.54, 1.807) is 16.7 Å². The Morgan fingerprint density at radius 2 is 1.60 bits per heavy atom. The van der Waals surface area contributed by atoms with E-state index in [9.17, 15) is 9.90 Å². The van der Waals surface area contributed by atoms with E-state index in [1.165, 1.54) is 5.19 Å². The van der Waals surface area contributed by atoms with Gasteiger partial charge in [0.15, 0.2) is 5.60 Å². The lowest BCUT2D eigenvalue weighted by Crippen LogP contribution is -2.51. The monoisotopic (exact) mass is 790 g/mol. The quantitative estimate of drug-likeness (QED) is 0.135. The maximum absolute atomic E-state index is 15.5. The second kappa shape index (κ2) is 14.7. The van der Waals surface area contributed by atoms with Crippen molar-refractivity contribution in [2.24, 2.45) is 5.92 Å². The summed E-state index contributed by atoms with van der Waals surface area (Å²) in [5.41, 5.74) is 3.68. The van der Waals surface area contributed by atoms with Crippen molar-refractivity contribution in [2.75, 3.05) is 18.6 Å². The Hall–Kier alpha value is -6.08. The van der Waals surface area contributed by atoms with Gasteiger partial charge in [-0.05, 0) is 72.1 Å². The van der Waals surface area contributed by atoms with Gasteiger partial charge in [-0.2, -0.15) is 0 Å². The van der Waals surface area contributed by atoms with Crippen molar-refractivity contribution in [1.29, 1.82) is 0 Å². The number of methoxy groups -OCH3 is 1. The molecule has 1 fully saturated rings. The lowest BCUT2D eigenvalue weighted by atomic mass is 9.82. The Bertz CT molecular complexity index is 2660. The molecule has 12 heteroatoms. The van der Waals surface area contributed by atoms with Gasteiger partial charge in [0.1, 0.15) is 5.75 Å². The van der Waals surface area contributed by atoms with E-state index in [-0.39, 0.29) is 41.6 Å². The van der Waals surface area contributed by atoms with Gasteiger partial charge in [0, 0.05) is 29.9 Å². The van der Waals surface area contributed by atoms with E-state index in [1.807, 2.05) is 126 Å². The number of aliphatic hydroxyl groups excluding tert-OH is 1. The molecule has 0 aliphatic carbocycles. The molecule has 7 aromatic rings. The molecule has 4 heterocycles. The van der Waals surface area contributed by atoms with Crippen molar-refractivity contribution >= 4 is 41.4 Å². The van der Waals surface area contributed by atoms with Crippen molar-refractivity contribution in [3.8, 4) is 11.4 Å². The number of ether oxygens (including phenoxy) is 2. The molecule has 294 valence electrons. The van der Waals surface area contributed by atoms with Crippen LogP contribution in [0, 0.1) is 5.92 Å². The Morgan fingerprint density at radius 3 is 2.31 bits per heavy atom. The normalized spacial score (nSPS) is 20.9. The number of nitrogens with zero attached hydrogens (tertiary/aromatic N) is 5. The Labute approximate surface area is 337 Å². The Balaban J connectivity index is 1.15. The number of aromatic nitrogens is 5. The molecule has 2 aliphatic rings. The van der Waals surface area contributed by atoms with Crippen molar-refractivity contribution in [3.05, 3.63) is 161 Å². The molecule has 1 saturated heterocycles. The van der Waals surface area contributed by atoms with Crippen LogP contribution in [0.1, 0.15) is 36.1 Å². The van der Waals surface area contributed by atoms with E-state index in [0.717, 1.165) is 33.8 Å². The predicted molar refractivity (Wildman–Crippen MR) is 227 cm³/mol. The molecular weight excluding hydrogens is 745 g/mol. The fraction of sp³-hybridized carbons (Fsp3) is 0.261. The summed E-state index contributed by atoms with van der Waals surface area (Å²) in [5.74, 6) is 0.0740. The first-order chi connectivity index (χ1) is 28.1. The molecule has 2 aliphatic heterocycles. The fourth-order valence-corrected chi connectivity index (χ4v) is 13.7. The predicted octanol–water partition coefficient (Wildman–Crippen LogP) is 7.03. The van der Waals surface area contributed by atoms with E-state index in [0.29, 0.717) is 29.7 Å². The number of H-pyrrole nitrogens is 1. The van der Waals surface area contributed by atoms with Gasteiger partial charge in [-0.1, -0.05) is 103 Å². The summed E-state index contributed by atoms with van der Waals surface area (Å²) < 4.78 is 16.3. The minimum absolute atomic E-state index is 0.0228. The number of fused-ring (bicyclic) bond motifs is 3. The number of amides is 1. The number of anilines is 2. The highest BCUT2D eigenvalue weighted by atomic mass is 28.3. The molecule has 0 saturated carbocycles. The van der Waals surface area contributed by atoms with Crippen molar-refractivity contribution < 1.29 is 19.4 Å². The Morgan fingerprint density at radius 1 is 0.897 bits per heavy atom. The van der Waals surface area contributed by atoms with Crippen LogP contribution in [0.25, 0.3) is 16.6 Å². The van der Waals surface area contributed by atoms with Crippen LogP contribution in [0.4, 0.5) is 11.4 Å². The number of hydrogen-bond donors (Lipinski definition) is 2. The van der Waals surface area contributed by atoms with Crippen LogP contribution in [0.5, 0.6) is 5.75 Å². The van der Waals surface area contributed by atoms with Gasteiger partial charge in [-0.15, -0.1) is 5.10 Å². The topological polar surface area (TPSA) is 127 Å². The third kappa shape index (κ3) is 6.02.